The number of sulfonamides is 1. The molecule has 5 nitrogen and oxygen atoms in total. The molecule has 0 aliphatic rings. The SMILES string of the molecule is C#CCCC(=O)Nc1cc(S(N)(=O)=O)ccc1C. The number of carbonyl (C=O) groups is 1. The van der Waals surface area contributed by atoms with Crippen molar-refractivity contribution < 1.29 is 13.2 Å². The minimum Gasteiger partial charge on any atom is -0.326 e. The number of terminal acetylenes is 1. The molecule has 0 saturated carbocycles. The number of nitrogens with one attached hydrogen (secondary N) is 1. The molecule has 0 fully saturated rings. The van der Waals surface area contributed by atoms with E-state index < -0.39 is 10.0 Å². The molecule has 96 valence electrons. The van der Waals surface area contributed by atoms with Gasteiger partial charge in [-0.1, -0.05) is 6.07 Å². The number of hydrogen-bond donors (Lipinski definition) is 2. The number of rotatable bonds is 4. The zero-order chi connectivity index (χ0) is 13.8. The first-order chi connectivity index (χ1) is 8.34. The Balaban J connectivity index is 2.96. The molecule has 3 N–H and O–H groups in total. The molecule has 18 heavy (non-hydrogen) atoms. The Morgan fingerprint density at radius 2 is 2.17 bits per heavy atom. The van der Waals surface area contributed by atoms with Crippen LogP contribution in [0.1, 0.15) is 18.4 Å². The van der Waals surface area contributed by atoms with Gasteiger partial charge < -0.3 is 5.32 Å². The van der Waals surface area contributed by atoms with E-state index in [1.165, 1.54) is 12.1 Å². The molecule has 0 aliphatic carbocycles. The minimum absolute atomic E-state index is 0.0413. The average molecular weight is 266 g/mol. The van der Waals surface area contributed by atoms with Gasteiger partial charge >= 0.3 is 0 Å². The Bertz CT molecular complexity index is 600. The first kappa shape index (κ1) is 14.2. The van der Waals surface area contributed by atoms with E-state index in [1.807, 2.05) is 0 Å². The normalized spacial score (nSPS) is 10.7. The van der Waals surface area contributed by atoms with Crippen LogP contribution in [0.3, 0.4) is 0 Å². The molecule has 0 spiro atoms. The van der Waals surface area contributed by atoms with Crippen LogP contribution in [-0.2, 0) is 14.8 Å². The monoisotopic (exact) mass is 266 g/mol. The summed E-state index contributed by atoms with van der Waals surface area (Å²) in [5.74, 6) is 2.10. The first-order valence-electron chi connectivity index (χ1n) is 5.21. The molecule has 0 radical (unpaired) electrons. The average Bonchev–Trinajstić information content (AvgIpc) is 2.28. The Labute approximate surface area is 106 Å². The highest BCUT2D eigenvalue weighted by Gasteiger charge is 2.11. The lowest BCUT2D eigenvalue weighted by atomic mass is 10.2. The minimum atomic E-state index is -3.78. The molecule has 0 bridgehead atoms. The van der Waals surface area contributed by atoms with E-state index in [-0.39, 0.29) is 17.2 Å². The lowest BCUT2D eigenvalue weighted by molar-refractivity contribution is -0.116. The van der Waals surface area contributed by atoms with Gasteiger partial charge in [0.25, 0.3) is 0 Å². The van der Waals surface area contributed by atoms with Crippen LogP contribution in [0, 0.1) is 19.3 Å². The molecular formula is C12H14N2O3S. The highest BCUT2D eigenvalue weighted by Crippen LogP contribution is 2.19. The number of carbonyl (C=O) groups excluding carboxylic acids is 1. The van der Waals surface area contributed by atoms with E-state index in [2.05, 4.69) is 11.2 Å². The third-order valence-corrected chi connectivity index (χ3v) is 3.22. The van der Waals surface area contributed by atoms with Crippen LogP contribution in [0.15, 0.2) is 23.1 Å². The fourth-order valence-electron chi connectivity index (χ4n) is 1.31. The van der Waals surface area contributed by atoms with Crippen molar-refractivity contribution in [2.45, 2.75) is 24.7 Å². The Morgan fingerprint density at radius 1 is 1.50 bits per heavy atom. The molecule has 1 aromatic carbocycles. The highest BCUT2D eigenvalue weighted by atomic mass is 32.2. The lowest BCUT2D eigenvalue weighted by Crippen LogP contribution is -2.15. The van der Waals surface area contributed by atoms with Gasteiger partial charge in [-0.3, -0.25) is 4.79 Å². The number of hydrogen-bond acceptors (Lipinski definition) is 3. The van der Waals surface area contributed by atoms with Gasteiger partial charge in [-0.2, -0.15) is 0 Å². The van der Waals surface area contributed by atoms with Crippen molar-refractivity contribution in [3.8, 4) is 12.3 Å². The Hall–Kier alpha value is -1.84. The maximum atomic E-state index is 11.5. The van der Waals surface area contributed by atoms with Gasteiger partial charge in [-0.15, -0.1) is 12.3 Å². The molecule has 0 aromatic heterocycles. The summed E-state index contributed by atoms with van der Waals surface area (Å²) in [7, 11) is -3.78. The van der Waals surface area contributed by atoms with Crippen molar-refractivity contribution in [1.82, 2.24) is 0 Å². The van der Waals surface area contributed by atoms with Crippen LogP contribution >= 0.6 is 0 Å². The van der Waals surface area contributed by atoms with Crippen molar-refractivity contribution >= 4 is 21.6 Å². The van der Waals surface area contributed by atoms with Crippen molar-refractivity contribution in [3.05, 3.63) is 23.8 Å². The van der Waals surface area contributed by atoms with Gasteiger partial charge in [0.15, 0.2) is 0 Å². The largest absolute Gasteiger partial charge is 0.326 e. The number of aryl methyl sites for hydroxylation is 1. The van der Waals surface area contributed by atoms with E-state index in [0.717, 1.165) is 5.56 Å². The zero-order valence-electron chi connectivity index (χ0n) is 9.93. The summed E-state index contributed by atoms with van der Waals surface area (Å²) in [5.41, 5.74) is 1.17. The molecule has 6 heteroatoms. The van der Waals surface area contributed by atoms with Crippen LogP contribution in [-0.4, -0.2) is 14.3 Å². The molecule has 0 atom stereocenters. The quantitative estimate of drug-likeness (QED) is 0.796. The molecule has 0 unspecified atom stereocenters. The summed E-state index contributed by atoms with van der Waals surface area (Å²) in [6.45, 7) is 1.75. The smallest absolute Gasteiger partial charge is 0.238 e. The summed E-state index contributed by atoms with van der Waals surface area (Å²) in [6.07, 6.45) is 5.58. The molecular weight excluding hydrogens is 252 g/mol. The summed E-state index contributed by atoms with van der Waals surface area (Å²) in [6, 6.07) is 4.30. The third kappa shape index (κ3) is 3.87. The summed E-state index contributed by atoms with van der Waals surface area (Å²) in [5, 5.41) is 7.62. The zero-order valence-corrected chi connectivity index (χ0v) is 10.8. The molecule has 1 aromatic rings. The van der Waals surface area contributed by atoms with Gasteiger partial charge in [0.05, 0.1) is 4.90 Å². The van der Waals surface area contributed by atoms with Gasteiger partial charge in [0, 0.05) is 18.5 Å². The predicted octanol–water partition coefficient (Wildman–Crippen LogP) is 0.994. The number of primary sulfonamides is 1. The maximum absolute atomic E-state index is 11.5. The molecule has 0 saturated heterocycles. The maximum Gasteiger partial charge on any atom is 0.238 e. The standard InChI is InChI=1S/C12H14N2O3S/c1-3-4-5-12(15)14-11-8-10(18(13,16)17)7-6-9(11)2/h1,6-8H,4-5H2,2H3,(H,14,15)(H2,13,16,17). The van der Waals surface area contributed by atoms with Gasteiger partial charge in [-0.25, -0.2) is 13.6 Å². The summed E-state index contributed by atoms with van der Waals surface area (Å²) in [4.78, 5) is 11.5. The molecule has 0 heterocycles. The van der Waals surface area contributed by atoms with Crippen LogP contribution in [0.25, 0.3) is 0 Å². The summed E-state index contributed by atoms with van der Waals surface area (Å²) < 4.78 is 22.4. The van der Waals surface area contributed by atoms with Crippen LogP contribution in [0.2, 0.25) is 0 Å². The second kappa shape index (κ2) is 5.67. The topological polar surface area (TPSA) is 89.3 Å². The van der Waals surface area contributed by atoms with Gasteiger partial charge in [0.1, 0.15) is 0 Å². The lowest BCUT2D eigenvalue weighted by Gasteiger charge is -2.09. The summed E-state index contributed by atoms with van der Waals surface area (Å²) >= 11 is 0. The molecule has 1 amide bonds. The Kier molecular flexibility index (Phi) is 4.48. The van der Waals surface area contributed by atoms with E-state index in [4.69, 9.17) is 11.6 Å². The number of amides is 1. The predicted molar refractivity (Wildman–Crippen MR) is 69.2 cm³/mol. The van der Waals surface area contributed by atoms with Crippen LogP contribution < -0.4 is 10.5 Å². The number of anilines is 1. The Morgan fingerprint density at radius 3 is 2.72 bits per heavy atom. The molecule has 0 aliphatic heterocycles. The van der Waals surface area contributed by atoms with Gasteiger partial charge in [0.2, 0.25) is 15.9 Å². The fourth-order valence-corrected chi connectivity index (χ4v) is 1.85. The highest BCUT2D eigenvalue weighted by molar-refractivity contribution is 7.89. The first-order valence-corrected chi connectivity index (χ1v) is 6.76. The van der Waals surface area contributed by atoms with Crippen LogP contribution in [0.4, 0.5) is 5.69 Å². The molecule has 1 rings (SSSR count). The van der Waals surface area contributed by atoms with Crippen molar-refractivity contribution in [2.75, 3.05) is 5.32 Å². The second-order valence-electron chi connectivity index (χ2n) is 3.77. The van der Waals surface area contributed by atoms with E-state index in [9.17, 15) is 13.2 Å². The second-order valence-corrected chi connectivity index (χ2v) is 5.34. The van der Waals surface area contributed by atoms with Crippen molar-refractivity contribution in [3.63, 3.8) is 0 Å². The van der Waals surface area contributed by atoms with Crippen molar-refractivity contribution in [2.24, 2.45) is 5.14 Å². The van der Waals surface area contributed by atoms with Crippen LogP contribution in [0.5, 0.6) is 0 Å². The van der Waals surface area contributed by atoms with E-state index in [1.54, 1.807) is 13.0 Å². The van der Waals surface area contributed by atoms with E-state index in [0.29, 0.717) is 12.1 Å². The van der Waals surface area contributed by atoms with E-state index >= 15 is 0 Å². The fraction of sp³-hybridized carbons (Fsp3) is 0.250. The van der Waals surface area contributed by atoms with Gasteiger partial charge in [-0.05, 0) is 24.6 Å². The third-order valence-electron chi connectivity index (χ3n) is 2.31. The van der Waals surface area contributed by atoms with Crippen molar-refractivity contribution in [1.29, 1.82) is 0 Å². The number of nitrogens with two attached hydrogens (primary N) is 1. The number of benzene rings is 1.